The van der Waals surface area contributed by atoms with Gasteiger partial charge in [-0.3, -0.25) is 4.79 Å². The molecule has 5 atom stereocenters. The molecule has 4 rings (SSSR count). The molecule has 170 valence electrons. The maximum absolute atomic E-state index is 13.2. The molecule has 0 bridgehead atoms. The number of ether oxygens (including phenoxy) is 2. The van der Waals surface area contributed by atoms with Crippen molar-refractivity contribution in [2.24, 2.45) is 0 Å². The molecule has 1 aliphatic heterocycles. The van der Waals surface area contributed by atoms with Crippen LogP contribution in [0.3, 0.4) is 0 Å². The van der Waals surface area contributed by atoms with E-state index < -0.39 is 59.1 Å². The van der Waals surface area contributed by atoms with E-state index in [-0.39, 0.29) is 28.0 Å². The molecule has 32 heavy (non-hydrogen) atoms. The van der Waals surface area contributed by atoms with Crippen molar-refractivity contribution >= 4 is 11.0 Å². The summed E-state index contributed by atoms with van der Waals surface area (Å²) in [5, 5.41) is 69.2. The molecule has 1 aromatic heterocycles. The van der Waals surface area contributed by atoms with Gasteiger partial charge in [0.15, 0.2) is 17.3 Å². The Morgan fingerprint density at radius 3 is 2.28 bits per heavy atom. The number of benzene rings is 2. The van der Waals surface area contributed by atoms with E-state index >= 15 is 0 Å². The Kier molecular flexibility index (Phi) is 5.34. The van der Waals surface area contributed by atoms with Crippen LogP contribution in [0.1, 0.15) is 6.92 Å². The number of phenols is 4. The number of aliphatic hydroxyl groups excluding tert-OH is 3. The first-order valence-electron chi connectivity index (χ1n) is 9.50. The number of rotatable bonds is 3. The van der Waals surface area contributed by atoms with E-state index in [1.54, 1.807) is 0 Å². The Labute approximate surface area is 179 Å². The third kappa shape index (κ3) is 3.56. The SMILES string of the molecule is CC1O[C@@H](Oc2c(-c3ccc(O)c(O)c3)oc3cc(O)cc(O)c3c2=O)C(O)C(O)[C@H]1O. The van der Waals surface area contributed by atoms with Crippen LogP contribution in [0.2, 0.25) is 0 Å². The summed E-state index contributed by atoms with van der Waals surface area (Å²) in [6.07, 6.45) is -7.35. The summed E-state index contributed by atoms with van der Waals surface area (Å²) in [6.45, 7) is 1.42. The summed E-state index contributed by atoms with van der Waals surface area (Å²) in [4.78, 5) is 13.2. The summed E-state index contributed by atoms with van der Waals surface area (Å²) in [7, 11) is 0. The van der Waals surface area contributed by atoms with Crippen LogP contribution in [0.15, 0.2) is 39.5 Å². The molecule has 1 saturated heterocycles. The summed E-state index contributed by atoms with van der Waals surface area (Å²) in [5.41, 5.74) is -1.05. The normalized spacial score (nSPS) is 25.7. The van der Waals surface area contributed by atoms with Crippen molar-refractivity contribution in [1.29, 1.82) is 0 Å². The lowest BCUT2D eigenvalue weighted by molar-refractivity contribution is -0.268. The van der Waals surface area contributed by atoms with Gasteiger partial charge < -0.3 is 49.6 Å². The Balaban J connectivity index is 1.92. The van der Waals surface area contributed by atoms with Crippen molar-refractivity contribution in [3.8, 4) is 40.1 Å². The lowest BCUT2D eigenvalue weighted by Gasteiger charge is -2.38. The van der Waals surface area contributed by atoms with Crippen LogP contribution in [0.25, 0.3) is 22.3 Å². The molecule has 0 radical (unpaired) electrons. The molecule has 3 aromatic rings. The number of hydrogen-bond donors (Lipinski definition) is 7. The van der Waals surface area contributed by atoms with Crippen molar-refractivity contribution in [3.05, 3.63) is 40.6 Å². The molecule has 0 saturated carbocycles. The Morgan fingerprint density at radius 2 is 1.59 bits per heavy atom. The van der Waals surface area contributed by atoms with Crippen molar-refractivity contribution < 1.29 is 49.6 Å². The van der Waals surface area contributed by atoms with Crippen molar-refractivity contribution in [2.75, 3.05) is 0 Å². The third-order valence-electron chi connectivity index (χ3n) is 5.20. The molecule has 0 aliphatic carbocycles. The fourth-order valence-electron chi connectivity index (χ4n) is 3.46. The van der Waals surface area contributed by atoms with E-state index in [4.69, 9.17) is 13.9 Å². The van der Waals surface area contributed by atoms with E-state index in [9.17, 15) is 40.5 Å². The minimum Gasteiger partial charge on any atom is -0.508 e. The summed E-state index contributed by atoms with van der Waals surface area (Å²) < 4.78 is 16.6. The minimum absolute atomic E-state index is 0.0658. The zero-order valence-electron chi connectivity index (χ0n) is 16.5. The Hall–Kier alpha value is -3.51. The predicted octanol–water partition coefficient (Wildman–Crippen LogP) is 0.489. The van der Waals surface area contributed by atoms with E-state index in [2.05, 4.69) is 0 Å². The van der Waals surface area contributed by atoms with Crippen molar-refractivity contribution in [2.45, 2.75) is 37.6 Å². The fraction of sp³-hybridized carbons (Fsp3) is 0.286. The molecule has 1 aliphatic rings. The smallest absolute Gasteiger partial charge is 0.239 e. The Bertz CT molecular complexity index is 1230. The maximum atomic E-state index is 13.2. The van der Waals surface area contributed by atoms with Crippen molar-refractivity contribution in [3.63, 3.8) is 0 Å². The molecule has 7 N–H and O–H groups in total. The molecule has 0 amide bonds. The van der Waals surface area contributed by atoms with Crippen LogP contribution in [0.4, 0.5) is 0 Å². The van der Waals surface area contributed by atoms with Crippen LogP contribution in [0.5, 0.6) is 28.7 Å². The maximum Gasteiger partial charge on any atom is 0.239 e. The van der Waals surface area contributed by atoms with Crippen molar-refractivity contribution in [1.82, 2.24) is 0 Å². The van der Waals surface area contributed by atoms with Crippen LogP contribution < -0.4 is 10.2 Å². The van der Waals surface area contributed by atoms with Gasteiger partial charge in [0, 0.05) is 17.7 Å². The molecule has 0 spiro atoms. The molecule has 2 aromatic carbocycles. The van der Waals surface area contributed by atoms with E-state index in [0.29, 0.717) is 0 Å². The lowest BCUT2D eigenvalue weighted by Crippen LogP contribution is -2.58. The number of fused-ring (bicyclic) bond motifs is 1. The third-order valence-corrected chi connectivity index (χ3v) is 5.20. The second-order valence-electron chi connectivity index (χ2n) is 7.43. The highest BCUT2D eigenvalue weighted by Crippen LogP contribution is 2.39. The molecule has 1 fully saturated rings. The molecule has 11 heteroatoms. The standard InChI is InChI=1S/C21H20O11/c1-7-15(26)17(28)18(29)21(30-7)32-20-16(27)14-12(25)5-9(22)6-13(14)31-19(20)8-2-3-10(23)11(24)4-8/h2-7,15,17-18,21-26,28-29H,1H3/t7?,15-,17?,18?,21-/m0/s1. The number of phenolic OH excluding ortho intramolecular Hbond substituents is 4. The van der Waals surface area contributed by atoms with Gasteiger partial charge in [0.25, 0.3) is 0 Å². The summed E-state index contributed by atoms with van der Waals surface area (Å²) in [6, 6.07) is 5.51. The van der Waals surface area contributed by atoms with Crippen LogP contribution in [-0.2, 0) is 4.74 Å². The molecule has 3 unspecified atom stereocenters. The Morgan fingerprint density at radius 1 is 0.875 bits per heavy atom. The van der Waals surface area contributed by atoms with Gasteiger partial charge in [-0.15, -0.1) is 0 Å². The largest absolute Gasteiger partial charge is 0.508 e. The van der Waals surface area contributed by atoms with E-state index in [1.165, 1.54) is 13.0 Å². The quantitative estimate of drug-likeness (QED) is 0.276. The first-order chi connectivity index (χ1) is 15.1. The first kappa shape index (κ1) is 21.7. The molecular formula is C21H20O11. The van der Waals surface area contributed by atoms with Crippen LogP contribution >= 0.6 is 0 Å². The zero-order chi connectivity index (χ0) is 23.3. The predicted molar refractivity (Wildman–Crippen MR) is 108 cm³/mol. The zero-order valence-corrected chi connectivity index (χ0v) is 16.5. The van der Waals surface area contributed by atoms with Gasteiger partial charge in [-0.25, -0.2) is 0 Å². The molecule has 2 heterocycles. The number of aliphatic hydroxyl groups is 3. The van der Waals surface area contributed by atoms with Crippen LogP contribution in [0, 0.1) is 0 Å². The minimum atomic E-state index is -1.74. The summed E-state index contributed by atoms with van der Waals surface area (Å²) in [5.74, 6) is -2.80. The average molecular weight is 448 g/mol. The summed E-state index contributed by atoms with van der Waals surface area (Å²) >= 11 is 0. The van der Waals surface area contributed by atoms with Gasteiger partial charge in [0.05, 0.1) is 6.10 Å². The number of aromatic hydroxyl groups is 4. The monoisotopic (exact) mass is 448 g/mol. The van der Waals surface area contributed by atoms with Crippen LogP contribution in [-0.4, -0.2) is 66.5 Å². The van der Waals surface area contributed by atoms with Gasteiger partial charge in [0.1, 0.15) is 40.8 Å². The topological polar surface area (TPSA) is 190 Å². The van der Waals surface area contributed by atoms with E-state index in [1.807, 2.05) is 0 Å². The highest BCUT2D eigenvalue weighted by Gasteiger charge is 2.44. The lowest BCUT2D eigenvalue weighted by atomic mass is 10.00. The fourth-order valence-corrected chi connectivity index (χ4v) is 3.46. The van der Waals surface area contributed by atoms with Gasteiger partial charge in [-0.2, -0.15) is 0 Å². The number of hydrogen-bond acceptors (Lipinski definition) is 11. The average Bonchev–Trinajstić information content (AvgIpc) is 2.73. The highest BCUT2D eigenvalue weighted by molar-refractivity contribution is 5.88. The van der Waals surface area contributed by atoms with Gasteiger partial charge >= 0.3 is 0 Å². The van der Waals surface area contributed by atoms with Gasteiger partial charge in [0.2, 0.25) is 17.5 Å². The second kappa shape index (κ2) is 7.88. The van der Waals surface area contributed by atoms with Gasteiger partial charge in [-0.05, 0) is 25.1 Å². The highest BCUT2D eigenvalue weighted by atomic mass is 16.7. The van der Waals surface area contributed by atoms with E-state index in [0.717, 1.165) is 24.3 Å². The molecular weight excluding hydrogens is 428 g/mol. The second-order valence-corrected chi connectivity index (χ2v) is 7.43. The van der Waals surface area contributed by atoms with Gasteiger partial charge in [-0.1, -0.05) is 0 Å². The first-order valence-corrected chi connectivity index (χ1v) is 9.50. The molecule has 11 nitrogen and oxygen atoms in total.